The zero-order chi connectivity index (χ0) is 17.9. The lowest BCUT2D eigenvalue weighted by Crippen LogP contribution is -2.16. The Morgan fingerprint density at radius 3 is 2.00 bits per heavy atom. The maximum absolute atomic E-state index is 12.4. The van der Waals surface area contributed by atoms with Crippen molar-refractivity contribution in [3.8, 4) is 11.5 Å². The first-order valence-electron chi connectivity index (χ1n) is 8.31. The Morgan fingerprint density at radius 1 is 0.800 bits per heavy atom. The number of unbranched alkanes of at least 4 members (excludes halogenated alkanes) is 2. The van der Waals surface area contributed by atoms with Gasteiger partial charge in [-0.05, 0) is 52.2 Å². The summed E-state index contributed by atoms with van der Waals surface area (Å²) in [6, 6.07) is 13.9. The third-order valence-corrected chi connectivity index (χ3v) is 4.03. The van der Waals surface area contributed by atoms with Gasteiger partial charge < -0.3 is 9.47 Å². The van der Waals surface area contributed by atoms with Gasteiger partial charge in [-0.2, -0.15) is 0 Å². The molecule has 2 nitrogen and oxygen atoms in total. The fraction of sp³-hybridized carbons (Fsp3) is 0.300. The highest BCUT2D eigenvalue weighted by Crippen LogP contribution is 2.32. The van der Waals surface area contributed by atoms with E-state index in [9.17, 15) is 13.2 Å². The lowest BCUT2D eigenvalue weighted by atomic mass is 10.0. The van der Waals surface area contributed by atoms with Crippen LogP contribution in [0.2, 0.25) is 0 Å². The summed E-state index contributed by atoms with van der Waals surface area (Å²) in [6.07, 6.45) is -1.38. The number of hydrogen-bond acceptors (Lipinski definition) is 2. The number of ether oxygens (including phenoxy) is 2. The Labute approximate surface area is 144 Å². The second-order valence-electron chi connectivity index (χ2n) is 5.93. The maximum Gasteiger partial charge on any atom is 0.573 e. The van der Waals surface area contributed by atoms with Gasteiger partial charge in [-0.25, -0.2) is 0 Å². The highest BCUT2D eigenvalue weighted by atomic mass is 19.4. The van der Waals surface area contributed by atoms with Gasteiger partial charge in [-0.15, -0.1) is 13.2 Å². The average molecular weight is 348 g/mol. The van der Waals surface area contributed by atoms with Gasteiger partial charge in [0.15, 0.2) is 0 Å². The van der Waals surface area contributed by atoms with Crippen molar-refractivity contribution in [1.82, 2.24) is 0 Å². The topological polar surface area (TPSA) is 18.5 Å². The molecular weight excluding hydrogens is 329 g/mol. The minimum atomic E-state index is -4.69. The smallest absolute Gasteiger partial charge is 0.494 e. The third kappa shape index (κ3) is 4.35. The fourth-order valence-electron chi connectivity index (χ4n) is 2.86. The minimum absolute atomic E-state index is 0.213. The standard InChI is InChI=1S/C20H19F3O2/c1-2-3-4-11-24-16-7-9-18-14(12-16)5-6-15-13-17(8-10-19(15)18)25-20(21,22)23/h5-10,12-13H,2-4,11H2,1H3. The first-order chi connectivity index (χ1) is 12.0. The molecule has 25 heavy (non-hydrogen) atoms. The average Bonchev–Trinajstić information content (AvgIpc) is 2.57. The number of rotatable bonds is 6. The zero-order valence-electron chi connectivity index (χ0n) is 13.9. The predicted molar refractivity (Wildman–Crippen MR) is 93.2 cm³/mol. The van der Waals surface area contributed by atoms with Crippen molar-refractivity contribution in [3.05, 3.63) is 48.5 Å². The molecule has 0 amide bonds. The van der Waals surface area contributed by atoms with Gasteiger partial charge in [-0.3, -0.25) is 0 Å². The molecule has 3 aromatic rings. The summed E-state index contributed by atoms with van der Waals surface area (Å²) in [6.45, 7) is 2.83. The highest BCUT2D eigenvalue weighted by molar-refractivity contribution is 6.08. The molecule has 0 fully saturated rings. The highest BCUT2D eigenvalue weighted by Gasteiger charge is 2.31. The van der Waals surface area contributed by atoms with E-state index in [1.165, 1.54) is 12.1 Å². The number of hydrogen-bond donors (Lipinski definition) is 0. The predicted octanol–water partition coefficient (Wildman–Crippen LogP) is 6.46. The number of halogens is 3. The summed E-state index contributed by atoms with van der Waals surface area (Å²) in [5, 5.41) is 3.54. The van der Waals surface area contributed by atoms with Gasteiger partial charge in [0.1, 0.15) is 11.5 Å². The zero-order valence-corrected chi connectivity index (χ0v) is 13.9. The van der Waals surface area contributed by atoms with Crippen LogP contribution in [0.1, 0.15) is 26.2 Å². The first-order valence-corrected chi connectivity index (χ1v) is 8.31. The summed E-state index contributed by atoms with van der Waals surface area (Å²) in [7, 11) is 0. The van der Waals surface area contributed by atoms with Gasteiger partial charge in [0.05, 0.1) is 6.61 Å². The quantitative estimate of drug-likeness (QED) is 0.376. The van der Waals surface area contributed by atoms with Gasteiger partial charge in [0, 0.05) is 0 Å². The van der Waals surface area contributed by atoms with Crippen molar-refractivity contribution in [2.75, 3.05) is 6.61 Å². The SMILES string of the molecule is CCCCCOc1ccc2c(ccc3cc(OC(F)(F)F)ccc32)c1. The second-order valence-corrected chi connectivity index (χ2v) is 5.93. The molecule has 3 rings (SSSR count). The van der Waals surface area contributed by atoms with Crippen LogP contribution in [-0.4, -0.2) is 13.0 Å². The summed E-state index contributed by atoms with van der Waals surface area (Å²) < 4.78 is 46.8. The van der Waals surface area contributed by atoms with E-state index in [2.05, 4.69) is 11.7 Å². The van der Waals surface area contributed by atoms with E-state index < -0.39 is 6.36 Å². The van der Waals surface area contributed by atoms with Gasteiger partial charge in [-0.1, -0.05) is 44.0 Å². The summed E-state index contributed by atoms with van der Waals surface area (Å²) in [4.78, 5) is 0. The Hall–Kier alpha value is -2.43. The van der Waals surface area contributed by atoms with Crippen LogP contribution in [-0.2, 0) is 0 Å². The second kappa shape index (κ2) is 7.21. The van der Waals surface area contributed by atoms with E-state index in [4.69, 9.17) is 4.74 Å². The van der Waals surface area contributed by atoms with Crippen LogP contribution in [0.5, 0.6) is 11.5 Å². The largest absolute Gasteiger partial charge is 0.573 e. The van der Waals surface area contributed by atoms with Crippen LogP contribution in [0.15, 0.2) is 48.5 Å². The summed E-state index contributed by atoms with van der Waals surface area (Å²) >= 11 is 0. The van der Waals surface area contributed by atoms with E-state index in [0.717, 1.165) is 41.2 Å². The molecule has 0 radical (unpaired) electrons. The molecule has 132 valence electrons. The van der Waals surface area contributed by atoms with Crippen molar-refractivity contribution in [3.63, 3.8) is 0 Å². The molecule has 0 N–H and O–H groups in total. The molecule has 0 saturated carbocycles. The number of alkyl halides is 3. The monoisotopic (exact) mass is 348 g/mol. The minimum Gasteiger partial charge on any atom is -0.494 e. The lowest BCUT2D eigenvalue weighted by molar-refractivity contribution is -0.274. The molecule has 0 aromatic heterocycles. The van der Waals surface area contributed by atoms with Crippen molar-refractivity contribution in [1.29, 1.82) is 0 Å². The van der Waals surface area contributed by atoms with Crippen molar-refractivity contribution >= 4 is 21.5 Å². The molecule has 0 spiro atoms. The van der Waals surface area contributed by atoms with Crippen molar-refractivity contribution in [2.45, 2.75) is 32.5 Å². The third-order valence-electron chi connectivity index (χ3n) is 4.03. The van der Waals surface area contributed by atoms with Crippen LogP contribution >= 0.6 is 0 Å². The van der Waals surface area contributed by atoms with Crippen LogP contribution in [0, 0.1) is 0 Å². The van der Waals surface area contributed by atoms with Crippen molar-refractivity contribution < 1.29 is 22.6 Å². The Balaban J connectivity index is 1.88. The molecular formula is C20H19F3O2. The van der Waals surface area contributed by atoms with Crippen LogP contribution < -0.4 is 9.47 Å². The Kier molecular flexibility index (Phi) is 5.02. The molecule has 0 aliphatic carbocycles. The summed E-state index contributed by atoms with van der Waals surface area (Å²) in [5.74, 6) is 0.593. The van der Waals surface area contributed by atoms with E-state index in [-0.39, 0.29) is 5.75 Å². The van der Waals surface area contributed by atoms with Crippen LogP contribution in [0.4, 0.5) is 13.2 Å². The van der Waals surface area contributed by atoms with Crippen LogP contribution in [0.3, 0.4) is 0 Å². The fourth-order valence-corrected chi connectivity index (χ4v) is 2.86. The van der Waals surface area contributed by atoms with Gasteiger partial charge >= 0.3 is 6.36 Å². The first kappa shape index (κ1) is 17.4. The normalized spacial score (nSPS) is 11.8. The molecule has 3 aromatic carbocycles. The Morgan fingerprint density at radius 2 is 1.40 bits per heavy atom. The molecule has 0 unspecified atom stereocenters. The number of fused-ring (bicyclic) bond motifs is 3. The van der Waals surface area contributed by atoms with Crippen LogP contribution in [0.25, 0.3) is 21.5 Å². The summed E-state index contributed by atoms with van der Waals surface area (Å²) in [5.41, 5.74) is 0. The van der Waals surface area contributed by atoms with E-state index >= 15 is 0 Å². The van der Waals surface area contributed by atoms with E-state index in [0.29, 0.717) is 12.0 Å². The molecule has 5 heteroatoms. The van der Waals surface area contributed by atoms with Gasteiger partial charge in [0.25, 0.3) is 0 Å². The maximum atomic E-state index is 12.4. The van der Waals surface area contributed by atoms with Gasteiger partial charge in [0.2, 0.25) is 0 Å². The van der Waals surface area contributed by atoms with E-state index in [1.807, 2.05) is 24.3 Å². The molecule has 0 aliphatic rings. The molecule has 0 atom stereocenters. The molecule has 0 aliphatic heterocycles. The number of benzene rings is 3. The Bertz CT molecular complexity index is 872. The van der Waals surface area contributed by atoms with Crippen molar-refractivity contribution in [2.24, 2.45) is 0 Å². The molecule has 0 bridgehead atoms. The lowest BCUT2D eigenvalue weighted by Gasteiger charge is -2.11. The molecule has 0 heterocycles. The van der Waals surface area contributed by atoms with E-state index in [1.54, 1.807) is 12.1 Å². The molecule has 0 saturated heterocycles.